The molecule has 0 saturated carbocycles. The van der Waals surface area contributed by atoms with E-state index in [-0.39, 0.29) is 103 Å². The minimum atomic E-state index is -0.274. The predicted octanol–water partition coefficient (Wildman–Crippen LogP) is 14.8. The molecule has 1 N–H and O–H groups in total. The van der Waals surface area contributed by atoms with E-state index >= 15 is 0 Å². The van der Waals surface area contributed by atoms with Crippen LogP contribution in [0.2, 0.25) is 20.1 Å². The molecule has 12 aromatic rings. The third-order valence-corrected chi connectivity index (χ3v) is 23.1. The molecule has 599 valence electrons. The first kappa shape index (κ1) is 87.9. The second-order valence-electron chi connectivity index (χ2n) is 27.0. The van der Waals surface area contributed by atoms with Gasteiger partial charge in [-0.15, -0.1) is 11.6 Å². The number of hydrogen-bond acceptors (Lipinski definition) is 17. The molecule has 4 aliphatic rings. The van der Waals surface area contributed by atoms with Crippen molar-refractivity contribution in [2.24, 2.45) is 0 Å². The summed E-state index contributed by atoms with van der Waals surface area (Å²) >= 11 is 33.5. The molecule has 8 aromatic carbocycles. The van der Waals surface area contributed by atoms with Crippen molar-refractivity contribution in [2.75, 3.05) is 75.0 Å². The Balaban J connectivity index is 0.000000164. The number of alkyl halides is 2. The number of aryl methyl sites for hydroxylation is 4. The minimum Gasteiger partial charge on any atom is -1.00 e. The second kappa shape index (κ2) is 37.4. The van der Waals surface area contributed by atoms with Gasteiger partial charge in [0.1, 0.15) is 0 Å². The van der Waals surface area contributed by atoms with Crippen molar-refractivity contribution in [3.8, 4) is 68.7 Å². The van der Waals surface area contributed by atoms with E-state index < -0.39 is 0 Å². The number of anilines is 4. The monoisotopic (exact) mass is 1800 g/mol. The molecule has 3 radical (unpaired) electrons. The summed E-state index contributed by atoms with van der Waals surface area (Å²) in [5.41, 5.74) is 17.3. The van der Waals surface area contributed by atoms with Crippen molar-refractivity contribution in [2.45, 2.75) is 79.2 Å². The van der Waals surface area contributed by atoms with E-state index in [1.54, 1.807) is 122 Å². The predicted molar refractivity (Wildman–Crippen MR) is 458 cm³/mol. The zero-order chi connectivity index (χ0) is 82.1. The number of carbonyl (C=O) groups is 4. The molecule has 0 spiro atoms. The van der Waals surface area contributed by atoms with Gasteiger partial charge in [0.25, 0.3) is 23.6 Å². The molecule has 0 unspecified atom stereocenters. The Morgan fingerprint density at radius 1 is 0.393 bits per heavy atom. The van der Waals surface area contributed by atoms with Crippen molar-refractivity contribution in [1.29, 1.82) is 0 Å². The Kier molecular flexibility index (Phi) is 28.1. The number of aliphatic hydroxyl groups is 1. The van der Waals surface area contributed by atoms with E-state index in [4.69, 9.17) is 95.9 Å². The molecular formula is C84H79BCl5IN12NaO13. The first-order valence-corrected chi connectivity index (χ1v) is 39.5. The number of nitrogens with zero attached hydrogens (tertiary/aromatic N) is 12. The number of ether oxygens (including phenoxy) is 8. The molecule has 0 saturated heterocycles. The van der Waals surface area contributed by atoms with Gasteiger partial charge in [-0.3, -0.25) is 19.2 Å². The summed E-state index contributed by atoms with van der Waals surface area (Å²) in [7, 11) is 6.89. The Labute approximate surface area is 740 Å². The van der Waals surface area contributed by atoms with E-state index in [1.807, 2.05) is 147 Å². The van der Waals surface area contributed by atoms with Gasteiger partial charge in [-0.2, -0.15) is 20.4 Å². The number of aliphatic hydroxyl groups excluding tert-OH is 1. The van der Waals surface area contributed by atoms with Crippen molar-refractivity contribution in [1.82, 2.24) is 39.1 Å². The van der Waals surface area contributed by atoms with Crippen molar-refractivity contribution < 1.29 is 93.2 Å². The summed E-state index contributed by atoms with van der Waals surface area (Å²) in [5.74, 6) is 4.60. The SMILES string of the molecule is Cc1nn(-c2cccc(C(=O)N(C)c3ccc4c(c3C)OCO4)c2)c(C)c1Cl.Cc1nn(-c2cccc(C(=O)N(C)c3ccc4c(c3CCl)OCO4)c2)c(C)c1Cl.Cc1nn(-c2cccc(C(=O)N(C)c3ccc4c(c3CI)OCO4)c2)c(C)c1Cl.Cc1nn(-c2cccc(C(=O)N(C)c3ccc4c(c3CO)OCO4)c2)c(C)c1Cl.[B].[H-].[Na+]. The van der Waals surface area contributed by atoms with Crippen LogP contribution >= 0.6 is 80.6 Å². The molecule has 4 amide bonds. The van der Waals surface area contributed by atoms with Gasteiger partial charge in [-0.25, -0.2) is 18.7 Å². The van der Waals surface area contributed by atoms with Crippen molar-refractivity contribution in [3.63, 3.8) is 0 Å². The number of carbonyl (C=O) groups excluding carboxylic acids is 4. The molecule has 33 heteroatoms. The Bertz CT molecular complexity index is 5430. The average Bonchev–Trinajstić information content (AvgIpc) is 1.58. The standard InChI is InChI=1S/C21H19Cl2N3O3.C21H19ClIN3O3.C21H20ClN3O4.C21H20ClN3O3.B.Na.H/c1-12-19(23)13(2)26(24-12)15-6-4-5-14(9-15)21(27)25(3)17-7-8-18-20(16(17)10-22)29-11-28-18;1-12-19(22)13(2)26(24-12)15-6-4-5-14(9-15)21(27)25(3)17-7-8-18-20(16(17)10-23)29-11-28-18;1-12-19(22)13(2)25(23-12)15-6-4-5-14(9-15)21(27)24(3)17-7-8-18-20(16(17)10-26)29-11-28-18;1-12-17(8-9-18-20(12)28-11-27-18)24(4)21(26)15-6-5-7-16(10-15)25-14(3)19(22)13(2)23-25;;;/h2*4-9H,10-11H2,1-3H3;4-9,26H,10-11H2,1-3H3;5-10H,11H2,1-4H3;;;/q;;;;;+1;-1. The van der Waals surface area contributed by atoms with Crippen LogP contribution in [-0.4, -0.2) is 132 Å². The molecule has 0 atom stereocenters. The zero-order valence-corrected chi connectivity index (χ0v) is 74.3. The first-order valence-electron chi connectivity index (χ1n) is 35.9. The molecule has 0 bridgehead atoms. The molecule has 117 heavy (non-hydrogen) atoms. The number of halogens is 6. The number of amides is 4. The largest absolute Gasteiger partial charge is 1.00 e. The quantitative estimate of drug-likeness (QED) is 0.0569. The van der Waals surface area contributed by atoms with Crippen LogP contribution in [0.1, 0.15) is 111 Å². The fraction of sp³-hybridized carbons (Fsp3) is 0.238. The Hall–Kier alpha value is -9.92. The number of aromatic nitrogens is 8. The van der Waals surface area contributed by atoms with Crippen molar-refractivity contribution in [3.05, 3.63) is 256 Å². The van der Waals surface area contributed by atoms with Gasteiger partial charge in [0.15, 0.2) is 46.0 Å². The molecule has 0 aliphatic carbocycles. The molecule has 0 fully saturated rings. The molecule has 4 aliphatic heterocycles. The second-order valence-corrected chi connectivity index (χ2v) is 29.5. The summed E-state index contributed by atoms with van der Waals surface area (Å²) in [6.07, 6.45) is 0. The van der Waals surface area contributed by atoms with Gasteiger partial charge >= 0.3 is 29.6 Å². The van der Waals surface area contributed by atoms with E-state index in [0.29, 0.717) is 110 Å². The van der Waals surface area contributed by atoms with Gasteiger partial charge in [-0.1, -0.05) is 93.3 Å². The van der Waals surface area contributed by atoms with Gasteiger partial charge in [0.05, 0.1) is 124 Å². The summed E-state index contributed by atoms with van der Waals surface area (Å²) in [5, 5.41) is 30.2. The minimum absolute atomic E-state index is 0. The van der Waals surface area contributed by atoms with E-state index in [1.165, 1.54) is 4.90 Å². The summed E-state index contributed by atoms with van der Waals surface area (Å²) in [4.78, 5) is 59.1. The van der Waals surface area contributed by atoms with Crippen LogP contribution in [0.15, 0.2) is 146 Å². The van der Waals surface area contributed by atoms with Crippen LogP contribution < -0.4 is 87.1 Å². The van der Waals surface area contributed by atoms with Crippen LogP contribution in [0, 0.1) is 62.3 Å². The van der Waals surface area contributed by atoms with Crippen LogP contribution in [0.5, 0.6) is 46.0 Å². The van der Waals surface area contributed by atoms with Gasteiger partial charge in [0, 0.05) is 85.5 Å². The van der Waals surface area contributed by atoms with E-state index in [9.17, 15) is 24.3 Å². The number of fused-ring (bicyclic) bond motifs is 4. The maximum atomic E-state index is 13.2. The average molecular weight is 1800 g/mol. The number of hydrogen-bond donors (Lipinski definition) is 1. The third kappa shape index (κ3) is 17.5. The smallest absolute Gasteiger partial charge is 1.00 e. The fourth-order valence-electron chi connectivity index (χ4n) is 13.7. The first-order chi connectivity index (χ1) is 55.1. The fourth-order valence-corrected chi connectivity index (χ4v) is 15.1. The van der Waals surface area contributed by atoms with E-state index in [0.717, 1.165) is 96.4 Å². The van der Waals surface area contributed by atoms with Gasteiger partial charge in [0.2, 0.25) is 27.2 Å². The van der Waals surface area contributed by atoms with Crippen molar-refractivity contribution >= 4 is 135 Å². The summed E-state index contributed by atoms with van der Waals surface area (Å²) in [6.45, 7) is 17.3. The third-order valence-electron chi connectivity index (χ3n) is 19.9. The maximum absolute atomic E-state index is 13.2. The maximum Gasteiger partial charge on any atom is 1.00 e. The summed E-state index contributed by atoms with van der Waals surface area (Å²) in [6, 6.07) is 43.6. The summed E-state index contributed by atoms with van der Waals surface area (Å²) < 4.78 is 51.4. The van der Waals surface area contributed by atoms with Crippen LogP contribution in [-0.2, 0) is 16.9 Å². The Morgan fingerprint density at radius 3 is 0.932 bits per heavy atom. The molecule has 8 heterocycles. The van der Waals surface area contributed by atoms with Crippen LogP contribution in [0.4, 0.5) is 22.7 Å². The van der Waals surface area contributed by atoms with Gasteiger partial charge in [-0.05, 0) is 184 Å². The van der Waals surface area contributed by atoms with E-state index in [2.05, 4.69) is 43.0 Å². The topological polar surface area (TPSA) is 247 Å². The molecule has 4 aromatic heterocycles. The van der Waals surface area contributed by atoms with Gasteiger partial charge < -0.3 is 64.0 Å². The molecule has 16 rings (SSSR count). The van der Waals surface area contributed by atoms with Crippen LogP contribution in [0.25, 0.3) is 22.7 Å². The van der Waals surface area contributed by atoms with Crippen LogP contribution in [0.3, 0.4) is 0 Å². The normalized spacial score (nSPS) is 12.1. The number of rotatable bonds is 15. The molecular weight excluding hydrogens is 1720 g/mol. The number of benzene rings is 8. The molecule has 25 nitrogen and oxygen atoms in total. The zero-order valence-electron chi connectivity index (χ0n) is 67.4. The Morgan fingerprint density at radius 2 is 0.650 bits per heavy atom.